The molecule has 0 aromatic heterocycles. The molecule has 3 aromatic rings. The molecule has 132 valence electrons. The fourth-order valence-electron chi connectivity index (χ4n) is 3.01. The average Bonchev–Trinajstić information content (AvgIpc) is 2.64. The topological polar surface area (TPSA) is 24.1 Å². The van der Waals surface area contributed by atoms with Crippen LogP contribution in [0.2, 0.25) is 0 Å². The zero-order valence-corrected chi connectivity index (χ0v) is 16.2. The number of aryl methyl sites for hydroxylation is 3. The first-order chi connectivity index (χ1) is 12.5. The van der Waals surface area contributed by atoms with E-state index >= 15 is 0 Å². The van der Waals surface area contributed by atoms with Crippen LogP contribution in [0.25, 0.3) is 0 Å². The number of nitrogens with one attached hydrogen (secondary N) is 2. The second kappa shape index (κ2) is 8.15. The lowest BCUT2D eigenvalue weighted by molar-refractivity contribution is 0.762. The van der Waals surface area contributed by atoms with E-state index in [2.05, 4.69) is 98.1 Å². The zero-order valence-electron chi connectivity index (χ0n) is 15.4. The summed E-state index contributed by atoms with van der Waals surface area (Å²) in [6.07, 6.45) is 0. The van der Waals surface area contributed by atoms with E-state index in [1.165, 1.54) is 27.8 Å². The molecule has 0 saturated heterocycles. The fourth-order valence-corrected chi connectivity index (χ4v) is 3.25. The molecular formula is C23H24N2S. The molecule has 0 amide bonds. The molecule has 0 spiro atoms. The summed E-state index contributed by atoms with van der Waals surface area (Å²) in [6.45, 7) is 6.35. The third-order valence-corrected chi connectivity index (χ3v) is 4.89. The van der Waals surface area contributed by atoms with Crippen molar-refractivity contribution < 1.29 is 0 Å². The summed E-state index contributed by atoms with van der Waals surface area (Å²) in [7, 11) is 0. The third-order valence-electron chi connectivity index (χ3n) is 4.67. The van der Waals surface area contributed by atoms with Gasteiger partial charge in [-0.3, -0.25) is 0 Å². The molecule has 0 radical (unpaired) electrons. The van der Waals surface area contributed by atoms with Crippen molar-refractivity contribution in [3.63, 3.8) is 0 Å². The van der Waals surface area contributed by atoms with E-state index in [0.717, 1.165) is 5.69 Å². The van der Waals surface area contributed by atoms with Crippen LogP contribution in [-0.2, 0) is 0 Å². The van der Waals surface area contributed by atoms with Crippen molar-refractivity contribution in [2.45, 2.75) is 26.8 Å². The number of anilines is 1. The Bertz CT molecular complexity index is 903. The lowest BCUT2D eigenvalue weighted by Crippen LogP contribution is -2.33. The zero-order chi connectivity index (χ0) is 18.5. The summed E-state index contributed by atoms with van der Waals surface area (Å²) in [6, 6.07) is 25.1. The van der Waals surface area contributed by atoms with Gasteiger partial charge < -0.3 is 10.6 Å². The Kier molecular flexibility index (Phi) is 5.69. The van der Waals surface area contributed by atoms with E-state index in [1.807, 2.05) is 6.07 Å². The molecule has 0 unspecified atom stereocenters. The summed E-state index contributed by atoms with van der Waals surface area (Å²) < 4.78 is 0. The van der Waals surface area contributed by atoms with Crippen molar-refractivity contribution in [1.82, 2.24) is 5.32 Å². The average molecular weight is 361 g/mol. The minimum Gasteiger partial charge on any atom is -0.352 e. The number of thiocarbonyl (C=S) groups is 1. The number of benzene rings is 3. The summed E-state index contributed by atoms with van der Waals surface area (Å²) >= 11 is 5.61. The molecule has 3 aromatic carbocycles. The van der Waals surface area contributed by atoms with Gasteiger partial charge in [-0.25, -0.2) is 0 Å². The van der Waals surface area contributed by atoms with Gasteiger partial charge in [-0.15, -0.1) is 0 Å². The van der Waals surface area contributed by atoms with Gasteiger partial charge in [0.25, 0.3) is 0 Å². The van der Waals surface area contributed by atoms with E-state index in [4.69, 9.17) is 12.2 Å². The Hall–Kier alpha value is -2.65. The molecule has 0 aliphatic carbocycles. The monoisotopic (exact) mass is 360 g/mol. The Morgan fingerprint density at radius 2 is 1.46 bits per heavy atom. The summed E-state index contributed by atoms with van der Waals surface area (Å²) in [5.74, 6) is 0. The summed E-state index contributed by atoms with van der Waals surface area (Å²) in [5, 5.41) is 7.43. The molecule has 2 N–H and O–H groups in total. The predicted octanol–water partition coefficient (Wildman–Crippen LogP) is 5.69. The smallest absolute Gasteiger partial charge is 0.171 e. The number of hydrogen-bond acceptors (Lipinski definition) is 1. The number of hydrogen-bond donors (Lipinski definition) is 2. The predicted molar refractivity (Wildman–Crippen MR) is 115 cm³/mol. The summed E-state index contributed by atoms with van der Waals surface area (Å²) in [5.41, 5.74) is 7.17. The minimum atomic E-state index is 0.00365. The lowest BCUT2D eigenvalue weighted by Gasteiger charge is -2.23. The molecule has 0 bridgehead atoms. The van der Waals surface area contributed by atoms with Crippen LogP contribution in [0.1, 0.15) is 33.9 Å². The molecule has 3 rings (SSSR count). The number of rotatable bonds is 4. The largest absolute Gasteiger partial charge is 0.352 e. The van der Waals surface area contributed by atoms with Crippen LogP contribution in [0.3, 0.4) is 0 Å². The first kappa shape index (κ1) is 18.2. The van der Waals surface area contributed by atoms with Crippen LogP contribution < -0.4 is 10.6 Å². The van der Waals surface area contributed by atoms with Crippen molar-refractivity contribution in [2.24, 2.45) is 0 Å². The highest BCUT2D eigenvalue weighted by Gasteiger charge is 2.17. The van der Waals surface area contributed by atoms with E-state index in [0.29, 0.717) is 5.11 Å². The van der Waals surface area contributed by atoms with Gasteiger partial charge in [0, 0.05) is 5.69 Å². The molecule has 0 saturated carbocycles. The highest BCUT2D eigenvalue weighted by atomic mass is 32.1. The lowest BCUT2D eigenvalue weighted by atomic mass is 9.95. The molecule has 0 aliphatic heterocycles. The van der Waals surface area contributed by atoms with Crippen LogP contribution in [0.15, 0.2) is 72.8 Å². The van der Waals surface area contributed by atoms with E-state index in [-0.39, 0.29) is 6.04 Å². The highest BCUT2D eigenvalue weighted by Crippen LogP contribution is 2.25. The maximum atomic E-state index is 5.61. The Morgan fingerprint density at radius 1 is 0.769 bits per heavy atom. The van der Waals surface area contributed by atoms with Crippen molar-refractivity contribution in [2.75, 3.05) is 5.32 Å². The molecule has 1 atom stereocenters. The van der Waals surface area contributed by atoms with Crippen LogP contribution in [0.4, 0.5) is 5.69 Å². The van der Waals surface area contributed by atoms with Gasteiger partial charge in [0.1, 0.15) is 0 Å². The molecule has 0 aliphatic rings. The minimum absolute atomic E-state index is 0.00365. The molecule has 0 fully saturated rings. The van der Waals surface area contributed by atoms with Crippen LogP contribution in [0, 0.1) is 20.8 Å². The van der Waals surface area contributed by atoms with Crippen LogP contribution in [0.5, 0.6) is 0 Å². The fraction of sp³-hybridized carbons (Fsp3) is 0.174. The quantitative estimate of drug-likeness (QED) is 0.585. The van der Waals surface area contributed by atoms with Gasteiger partial charge in [0.05, 0.1) is 6.04 Å². The standard InChI is InChI=1S/C23H24N2S/c1-16-13-14-20(15-18(16)3)24-23(26)25-22(19-10-5-4-6-11-19)21-12-8-7-9-17(21)2/h4-15,22H,1-3H3,(H2,24,25,26)/t22-/m1/s1. The normalized spacial score (nSPS) is 11.7. The first-order valence-electron chi connectivity index (χ1n) is 8.80. The van der Waals surface area contributed by atoms with Crippen molar-refractivity contribution >= 4 is 23.0 Å². The Labute approximate surface area is 161 Å². The van der Waals surface area contributed by atoms with Gasteiger partial charge in [-0.2, -0.15) is 0 Å². The van der Waals surface area contributed by atoms with Crippen molar-refractivity contribution in [3.8, 4) is 0 Å². The van der Waals surface area contributed by atoms with Gasteiger partial charge in [0.15, 0.2) is 5.11 Å². The van der Waals surface area contributed by atoms with E-state index in [1.54, 1.807) is 0 Å². The Morgan fingerprint density at radius 3 is 2.15 bits per heavy atom. The maximum Gasteiger partial charge on any atom is 0.171 e. The molecule has 0 heterocycles. The van der Waals surface area contributed by atoms with Gasteiger partial charge in [-0.05, 0) is 72.9 Å². The van der Waals surface area contributed by atoms with E-state index in [9.17, 15) is 0 Å². The SMILES string of the molecule is Cc1ccc(NC(=S)N[C@H](c2ccccc2)c2ccccc2C)cc1C. The molecular weight excluding hydrogens is 336 g/mol. The summed E-state index contributed by atoms with van der Waals surface area (Å²) in [4.78, 5) is 0. The second-order valence-electron chi connectivity index (χ2n) is 6.60. The maximum absolute atomic E-state index is 5.61. The van der Waals surface area contributed by atoms with Crippen LogP contribution in [-0.4, -0.2) is 5.11 Å². The highest BCUT2D eigenvalue weighted by molar-refractivity contribution is 7.80. The third kappa shape index (κ3) is 4.30. The van der Waals surface area contributed by atoms with Gasteiger partial charge >= 0.3 is 0 Å². The van der Waals surface area contributed by atoms with E-state index < -0.39 is 0 Å². The van der Waals surface area contributed by atoms with Crippen LogP contribution >= 0.6 is 12.2 Å². The first-order valence-corrected chi connectivity index (χ1v) is 9.20. The van der Waals surface area contributed by atoms with Crippen molar-refractivity contribution in [1.29, 1.82) is 0 Å². The molecule has 3 heteroatoms. The van der Waals surface area contributed by atoms with Crippen molar-refractivity contribution in [3.05, 3.63) is 101 Å². The van der Waals surface area contributed by atoms with Gasteiger partial charge in [0.2, 0.25) is 0 Å². The molecule has 26 heavy (non-hydrogen) atoms. The van der Waals surface area contributed by atoms with Gasteiger partial charge in [-0.1, -0.05) is 60.7 Å². The second-order valence-corrected chi connectivity index (χ2v) is 7.01. The molecule has 2 nitrogen and oxygen atoms in total. The Balaban J connectivity index is 1.85.